The molecule has 1 aromatic heterocycles. The van der Waals surface area contributed by atoms with Gasteiger partial charge < -0.3 is 14.7 Å². The van der Waals surface area contributed by atoms with Gasteiger partial charge in [-0.05, 0) is 0 Å². The van der Waals surface area contributed by atoms with Crippen LogP contribution in [0.3, 0.4) is 0 Å². The second kappa shape index (κ2) is 6.30. The van der Waals surface area contributed by atoms with Gasteiger partial charge in [-0.1, -0.05) is 0 Å². The standard InChI is InChI=1S/C13H21N7O2/c1-17-2-5-20(13(17)22)9-12(21)19-6-3-18(4-7-19)8-11-14-10-15-16-11/h10H,2-9H2,1H3,(H,14,15,16). The van der Waals surface area contributed by atoms with E-state index in [1.165, 1.54) is 6.33 Å². The number of carbonyl (C=O) groups excluding carboxylic acids is 2. The highest BCUT2D eigenvalue weighted by Gasteiger charge is 2.29. The molecule has 3 rings (SSSR count). The lowest BCUT2D eigenvalue weighted by Gasteiger charge is -2.34. The molecule has 0 radical (unpaired) electrons. The highest BCUT2D eigenvalue weighted by Crippen LogP contribution is 2.09. The summed E-state index contributed by atoms with van der Waals surface area (Å²) < 4.78 is 0. The first-order chi connectivity index (χ1) is 10.6. The number of likely N-dealkylation sites (N-methyl/N-ethyl adjacent to an activating group) is 1. The summed E-state index contributed by atoms with van der Waals surface area (Å²) in [6, 6.07) is -0.0581. The van der Waals surface area contributed by atoms with Gasteiger partial charge in [0.15, 0.2) is 0 Å². The van der Waals surface area contributed by atoms with Crippen molar-refractivity contribution >= 4 is 11.9 Å². The molecule has 9 nitrogen and oxygen atoms in total. The van der Waals surface area contributed by atoms with Crippen LogP contribution in [0.5, 0.6) is 0 Å². The predicted molar refractivity (Wildman–Crippen MR) is 77.8 cm³/mol. The summed E-state index contributed by atoms with van der Waals surface area (Å²) in [4.78, 5) is 35.5. The Morgan fingerprint density at radius 3 is 2.59 bits per heavy atom. The maximum absolute atomic E-state index is 12.3. The molecule has 3 amide bonds. The van der Waals surface area contributed by atoms with Crippen LogP contribution in [0.2, 0.25) is 0 Å². The number of aromatic nitrogens is 3. The lowest BCUT2D eigenvalue weighted by Crippen LogP contribution is -2.51. The summed E-state index contributed by atoms with van der Waals surface area (Å²) in [5, 5.41) is 6.68. The maximum Gasteiger partial charge on any atom is 0.320 e. The molecule has 0 atom stereocenters. The van der Waals surface area contributed by atoms with Crippen molar-refractivity contribution in [1.29, 1.82) is 0 Å². The molecule has 120 valence electrons. The Bertz CT molecular complexity index is 525. The Hall–Kier alpha value is -2.16. The molecule has 22 heavy (non-hydrogen) atoms. The van der Waals surface area contributed by atoms with E-state index in [0.717, 1.165) is 25.5 Å². The monoisotopic (exact) mass is 307 g/mol. The molecule has 0 aromatic carbocycles. The summed E-state index contributed by atoms with van der Waals surface area (Å²) in [5.74, 6) is 0.869. The fourth-order valence-corrected chi connectivity index (χ4v) is 2.79. The quantitative estimate of drug-likeness (QED) is 0.756. The fourth-order valence-electron chi connectivity index (χ4n) is 2.79. The molecule has 2 fully saturated rings. The number of hydrogen-bond acceptors (Lipinski definition) is 5. The number of nitrogens with zero attached hydrogens (tertiary/aromatic N) is 6. The molecular weight excluding hydrogens is 286 g/mol. The highest BCUT2D eigenvalue weighted by atomic mass is 16.2. The number of H-pyrrole nitrogens is 1. The Balaban J connectivity index is 1.45. The van der Waals surface area contributed by atoms with Crippen LogP contribution in [-0.2, 0) is 11.3 Å². The van der Waals surface area contributed by atoms with Gasteiger partial charge in [0, 0.05) is 46.3 Å². The smallest absolute Gasteiger partial charge is 0.320 e. The first-order valence-electron chi connectivity index (χ1n) is 7.48. The Labute approximate surface area is 128 Å². The van der Waals surface area contributed by atoms with Crippen LogP contribution < -0.4 is 0 Å². The van der Waals surface area contributed by atoms with Crippen LogP contribution in [0.25, 0.3) is 0 Å². The predicted octanol–water partition coefficient (Wildman–Crippen LogP) is -1.18. The van der Waals surface area contributed by atoms with E-state index in [9.17, 15) is 9.59 Å². The molecule has 2 aliphatic rings. The fraction of sp³-hybridized carbons (Fsp3) is 0.692. The first kappa shape index (κ1) is 14.8. The van der Waals surface area contributed by atoms with E-state index in [0.29, 0.717) is 26.2 Å². The SMILES string of the molecule is CN1CCN(CC(=O)N2CCN(Cc3ncn[nH]3)CC2)C1=O. The Morgan fingerprint density at radius 1 is 1.23 bits per heavy atom. The normalized spacial score (nSPS) is 20.0. The first-order valence-corrected chi connectivity index (χ1v) is 7.48. The van der Waals surface area contributed by atoms with E-state index in [-0.39, 0.29) is 18.5 Å². The number of hydrogen-bond donors (Lipinski definition) is 1. The van der Waals surface area contributed by atoms with Crippen molar-refractivity contribution in [3.63, 3.8) is 0 Å². The number of carbonyl (C=O) groups is 2. The van der Waals surface area contributed by atoms with Gasteiger partial charge in [0.1, 0.15) is 18.7 Å². The summed E-state index contributed by atoms with van der Waals surface area (Å²) >= 11 is 0. The number of amides is 3. The van der Waals surface area contributed by atoms with Crippen molar-refractivity contribution < 1.29 is 9.59 Å². The maximum atomic E-state index is 12.3. The highest BCUT2D eigenvalue weighted by molar-refractivity contribution is 5.85. The van der Waals surface area contributed by atoms with E-state index < -0.39 is 0 Å². The molecule has 0 saturated carbocycles. The Kier molecular flexibility index (Phi) is 4.23. The number of piperazine rings is 1. The summed E-state index contributed by atoms with van der Waals surface area (Å²) in [5.41, 5.74) is 0. The van der Waals surface area contributed by atoms with Gasteiger partial charge >= 0.3 is 6.03 Å². The van der Waals surface area contributed by atoms with Crippen LogP contribution in [0.15, 0.2) is 6.33 Å². The molecule has 9 heteroatoms. The molecule has 1 N–H and O–H groups in total. The summed E-state index contributed by atoms with van der Waals surface area (Å²) in [6.45, 7) is 5.21. The van der Waals surface area contributed by atoms with Gasteiger partial charge in [0.05, 0.1) is 6.54 Å². The average molecular weight is 307 g/mol. The second-order valence-electron chi connectivity index (χ2n) is 5.71. The average Bonchev–Trinajstić information content (AvgIpc) is 3.13. The second-order valence-corrected chi connectivity index (χ2v) is 5.71. The van der Waals surface area contributed by atoms with Gasteiger partial charge in [-0.15, -0.1) is 0 Å². The van der Waals surface area contributed by atoms with Crippen molar-refractivity contribution in [1.82, 2.24) is 34.8 Å². The van der Waals surface area contributed by atoms with Crippen molar-refractivity contribution in [3.05, 3.63) is 12.2 Å². The topological polar surface area (TPSA) is 88.7 Å². The molecule has 2 saturated heterocycles. The van der Waals surface area contributed by atoms with Crippen LogP contribution >= 0.6 is 0 Å². The molecule has 0 spiro atoms. The van der Waals surface area contributed by atoms with Crippen LogP contribution in [0.1, 0.15) is 5.82 Å². The third-order valence-electron chi connectivity index (χ3n) is 4.19. The minimum Gasteiger partial charge on any atom is -0.339 e. The van der Waals surface area contributed by atoms with Gasteiger partial charge in [-0.2, -0.15) is 5.10 Å². The van der Waals surface area contributed by atoms with E-state index >= 15 is 0 Å². The van der Waals surface area contributed by atoms with E-state index in [1.807, 2.05) is 4.90 Å². The number of aromatic amines is 1. The van der Waals surface area contributed by atoms with Crippen molar-refractivity contribution in [2.75, 3.05) is 52.9 Å². The van der Waals surface area contributed by atoms with Crippen LogP contribution in [0, 0.1) is 0 Å². The van der Waals surface area contributed by atoms with Crippen molar-refractivity contribution in [2.24, 2.45) is 0 Å². The summed E-state index contributed by atoms with van der Waals surface area (Å²) in [6.07, 6.45) is 1.50. The van der Waals surface area contributed by atoms with E-state index in [2.05, 4.69) is 20.1 Å². The minimum atomic E-state index is -0.0581. The van der Waals surface area contributed by atoms with Gasteiger partial charge in [0.2, 0.25) is 5.91 Å². The minimum absolute atomic E-state index is 0.0305. The van der Waals surface area contributed by atoms with Gasteiger partial charge in [0.25, 0.3) is 0 Å². The van der Waals surface area contributed by atoms with Gasteiger partial charge in [-0.25, -0.2) is 9.78 Å². The number of nitrogens with one attached hydrogen (secondary N) is 1. The number of rotatable bonds is 4. The Morgan fingerprint density at radius 2 is 2.00 bits per heavy atom. The third kappa shape index (κ3) is 3.19. The van der Waals surface area contributed by atoms with Gasteiger partial charge in [-0.3, -0.25) is 14.8 Å². The number of urea groups is 1. The largest absolute Gasteiger partial charge is 0.339 e. The molecule has 0 aliphatic carbocycles. The molecule has 0 unspecified atom stereocenters. The molecule has 2 aliphatic heterocycles. The molecule has 3 heterocycles. The third-order valence-corrected chi connectivity index (χ3v) is 4.19. The lowest BCUT2D eigenvalue weighted by molar-refractivity contribution is -0.133. The zero-order chi connectivity index (χ0) is 15.5. The van der Waals surface area contributed by atoms with Crippen molar-refractivity contribution in [3.8, 4) is 0 Å². The lowest BCUT2D eigenvalue weighted by atomic mass is 10.3. The molecule has 1 aromatic rings. The van der Waals surface area contributed by atoms with Crippen LogP contribution in [-0.4, -0.2) is 99.6 Å². The van der Waals surface area contributed by atoms with E-state index in [1.54, 1.807) is 16.8 Å². The van der Waals surface area contributed by atoms with E-state index in [4.69, 9.17) is 0 Å². The van der Waals surface area contributed by atoms with Crippen molar-refractivity contribution in [2.45, 2.75) is 6.54 Å². The summed E-state index contributed by atoms with van der Waals surface area (Å²) in [7, 11) is 1.76. The molecule has 0 bridgehead atoms. The zero-order valence-corrected chi connectivity index (χ0v) is 12.7. The molecular formula is C13H21N7O2. The van der Waals surface area contributed by atoms with Crippen LogP contribution in [0.4, 0.5) is 4.79 Å². The zero-order valence-electron chi connectivity index (χ0n) is 12.7.